The van der Waals surface area contributed by atoms with Crippen LogP contribution in [0.3, 0.4) is 0 Å². The molecule has 1 heterocycles. The van der Waals surface area contributed by atoms with E-state index in [4.69, 9.17) is 0 Å². The molecule has 0 atom stereocenters. The molecule has 0 saturated heterocycles. The van der Waals surface area contributed by atoms with Crippen LogP contribution in [0.15, 0.2) is 24.4 Å². The first-order valence-electron chi connectivity index (χ1n) is 5.03. The van der Waals surface area contributed by atoms with Crippen molar-refractivity contribution in [2.45, 2.75) is 20.3 Å². The minimum Gasteiger partial charge on any atom is -0.356 e. The van der Waals surface area contributed by atoms with Gasteiger partial charge >= 0.3 is 0 Å². The summed E-state index contributed by atoms with van der Waals surface area (Å²) in [5.74, 6) is 0.0115. The minimum absolute atomic E-state index is 0.0115. The van der Waals surface area contributed by atoms with Gasteiger partial charge in [0.2, 0.25) is 5.91 Å². The Kier molecular flexibility index (Phi) is 4.54. The van der Waals surface area contributed by atoms with Gasteiger partial charge in [-0.1, -0.05) is 12.1 Å². The highest BCUT2D eigenvalue weighted by molar-refractivity contribution is 5.72. The van der Waals surface area contributed by atoms with E-state index in [2.05, 4.69) is 10.3 Å². The molecule has 3 heteroatoms. The Morgan fingerprint density at radius 3 is 3.07 bits per heavy atom. The van der Waals surface area contributed by atoms with Crippen LogP contribution in [-0.2, 0) is 4.79 Å². The van der Waals surface area contributed by atoms with Crippen molar-refractivity contribution >= 4 is 12.0 Å². The van der Waals surface area contributed by atoms with E-state index in [-0.39, 0.29) is 5.91 Å². The largest absolute Gasteiger partial charge is 0.356 e. The number of rotatable bonds is 4. The van der Waals surface area contributed by atoms with Gasteiger partial charge in [0.1, 0.15) is 0 Å². The molecule has 0 aliphatic heterocycles. The van der Waals surface area contributed by atoms with Crippen molar-refractivity contribution < 1.29 is 4.79 Å². The van der Waals surface area contributed by atoms with Crippen molar-refractivity contribution in [1.82, 2.24) is 10.3 Å². The Morgan fingerprint density at radius 2 is 2.40 bits per heavy atom. The number of carbonyl (C=O) groups is 1. The SMILES string of the molecule is CC(=O)NCCC=Cc1ncccc1C. The van der Waals surface area contributed by atoms with Crippen molar-refractivity contribution in [2.75, 3.05) is 6.54 Å². The number of carbonyl (C=O) groups excluding carboxylic acids is 1. The lowest BCUT2D eigenvalue weighted by Crippen LogP contribution is -2.20. The average Bonchev–Trinajstić information content (AvgIpc) is 2.20. The van der Waals surface area contributed by atoms with Gasteiger partial charge in [0.05, 0.1) is 5.69 Å². The first-order chi connectivity index (χ1) is 7.20. The van der Waals surface area contributed by atoms with Gasteiger partial charge in [0, 0.05) is 19.7 Å². The Bertz CT molecular complexity index is 358. The normalized spacial score (nSPS) is 10.5. The molecule has 0 bridgehead atoms. The molecule has 0 aromatic carbocycles. The molecule has 3 nitrogen and oxygen atoms in total. The number of hydrogen-bond donors (Lipinski definition) is 1. The standard InChI is InChI=1S/C12H16N2O/c1-10-6-5-9-14-12(10)7-3-4-8-13-11(2)15/h3,5-7,9H,4,8H2,1-2H3,(H,13,15). The van der Waals surface area contributed by atoms with Gasteiger partial charge in [-0.3, -0.25) is 9.78 Å². The third-order valence-electron chi connectivity index (χ3n) is 2.01. The molecule has 0 unspecified atom stereocenters. The highest BCUT2D eigenvalue weighted by Crippen LogP contribution is 2.05. The molecule has 1 amide bonds. The van der Waals surface area contributed by atoms with Crippen molar-refractivity contribution in [2.24, 2.45) is 0 Å². The minimum atomic E-state index is 0.0115. The smallest absolute Gasteiger partial charge is 0.216 e. The fourth-order valence-corrected chi connectivity index (χ4v) is 1.20. The molecule has 0 aliphatic carbocycles. The molecule has 0 aliphatic rings. The number of hydrogen-bond acceptors (Lipinski definition) is 2. The molecule has 1 aromatic rings. The summed E-state index contributed by atoms with van der Waals surface area (Å²) >= 11 is 0. The van der Waals surface area contributed by atoms with Gasteiger partial charge in [-0.2, -0.15) is 0 Å². The van der Waals surface area contributed by atoms with E-state index in [1.54, 1.807) is 6.20 Å². The van der Waals surface area contributed by atoms with E-state index in [1.807, 2.05) is 31.2 Å². The summed E-state index contributed by atoms with van der Waals surface area (Å²) in [4.78, 5) is 14.8. The van der Waals surface area contributed by atoms with Crippen molar-refractivity contribution in [3.05, 3.63) is 35.7 Å². The Morgan fingerprint density at radius 1 is 1.60 bits per heavy atom. The van der Waals surface area contributed by atoms with Gasteiger partial charge in [-0.05, 0) is 31.1 Å². The van der Waals surface area contributed by atoms with Crippen LogP contribution in [0.5, 0.6) is 0 Å². The van der Waals surface area contributed by atoms with Gasteiger partial charge < -0.3 is 5.32 Å². The molecule has 0 fully saturated rings. The lowest BCUT2D eigenvalue weighted by atomic mass is 10.2. The topological polar surface area (TPSA) is 42.0 Å². The van der Waals surface area contributed by atoms with Crippen LogP contribution < -0.4 is 5.32 Å². The molecular formula is C12H16N2O. The predicted octanol–water partition coefficient (Wildman–Crippen LogP) is 1.93. The van der Waals surface area contributed by atoms with Crippen LogP contribution in [0.4, 0.5) is 0 Å². The van der Waals surface area contributed by atoms with E-state index in [0.717, 1.165) is 17.7 Å². The highest BCUT2D eigenvalue weighted by atomic mass is 16.1. The number of pyridine rings is 1. The molecule has 15 heavy (non-hydrogen) atoms. The number of aromatic nitrogens is 1. The number of nitrogens with one attached hydrogen (secondary N) is 1. The van der Waals surface area contributed by atoms with Crippen LogP contribution in [0.25, 0.3) is 6.08 Å². The monoisotopic (exact) mass is 204 g/mol. The van der Waals surface area contributed by atoms with E-state index in [9.17, 15) is 4.79 Å². The summed E-state index contributed by atoms with van der Waals surface area (Å²) in [7, 11) is 0. The van der Waals surface area contributed by atoms with Crippen LogP contribution in [0, 0.1) is 6.92 Å². The zero-order chi connectivity index (χ0) is 11.1. The van der Waals surface area contributed by atoms with Gasteiger partial charge in [0.25, 0.3) is 0 Å². The van der Waals surface area contributed by atoms with E-state index >= 15 is 0 Å². The maximum absolute atomic E-state index is 10.6. The second-order valence-electron chi connectivity index (χ2n) is 3.38. The third kappa shape index (κ3) is 4.40. The molecule has 0 radical (unpaired) electrons. The van der Waals surface area contributed by atoms with E-state index in [0.29, 0.717) is 6.54 Å². The molecule has 80 valence electrons. The van der Waals surface area contributed by atoms with Crippen molar-refractivity contribution in [3.63, 3.8) is 0 Å². The Hall–Kier alpha value is -1.64. The van der Waals surface area contributed by atoms with Crippen molar-refractivity contribution in [1.29, 1.82) is 0 Å². The number of aryl methyl sites for hydroxylation is 1. The van der Waals surface area contributed by atoms with Crippen LogP contribution in [-0.4, -0.2) is 17.4 Å². The third-order valence-corrected chi connectivity index (χ3v) is 2.01. The van der Waals surface area contributed by atoms with Crippen molar-refractivity contribution in [3.8, 4) is 0 Å². The fourth-order valence-electron chi connectivity index (χ4n) is 1.20. The molecule has 1 aromatic heterocycles. The van der Waals surface area contributed by atoms with Gasteiger partial charge in [-0.15, -0.1) is 0 Å². The summed E-state index contributed by atoms with van der Waals surface area (Å²) in [5, 5.41) is 2.74. The summed E-state index contributed by atoms with van der Waals surface area (Å²) in [6, 6.07) is 3.95. The number of amides is 1. The molecular weight excluding hydrogens is 188 g/mol. The number of nitrogens with zero attached hydrogens (tertiary/aromatic N) is 1. The van der Waals surface area contributed by atoms with Crippen LogP contribution in [0.1, 0.15) is 24.6 Å². The molecule has 0 spiro atoms. The maximum atomic E-state index is 10.6. The maximum Gasteiger partial charge on any atom is 0.216 e. The quantitative estimate of drug-likeness (QED) is 0.761. The average molecular weight is 204 g/mol. The lowest BCUT2D eigenvalue weighted by Gasteiger charge is -1.98. The van der Waals surface area contributed by atoms with Crippen LogP contribution >= 0.6 is 0 Å². The predicted molar refractivity (Wildman–Crippen MR) is 61.3 cm³/mol. The molecule has 1 N–H and O–H groups in total. The zero-order valence-corrected chi connectivity index (χ0v) is 9.16. The zero-order valence-electron chi connectivity index (χ0n) is 9.16. The summed E-state index contributed by atoms with van der Waals surface area (Å²) in [6.07, 6.45) is 6.61. The van der Waals surface area contributed by atoms with E-state index in [1.165, 1.54) is 6.92 Å². The first kappa shape index (κ1) is 11.4. The summed E-state index contributed by atoms with van der Waals surface area (Å²) in [6.45, 7) is 4.23. The van der Waals surface area contributed by atoms with Gasteiger partial charge in [-0.25, -0.2) is 0 Å². The highest BCUT2D eigenvalue weighted by Gasteiger charge is 1.92. The van der Waals surface area contributed by atoms with E-state index < -0.39 is 0 Å². The summed E-state index contributed by atoms with van der Waals surface area (Å²) < 4.78 is 0. The molecule has 1 rings (SSSR count). The molecule has 0 saturated carbocycles. The second-order valence-corrected chi connectivity index (χ2v) is 3.38. The second kappa shape index (κ2) is 5.96. The summed E-state index contributed by atoms with van der Waals surface area (Å²) in [5.41, 5.74) is 2.15. The Balaban J connectivity index is 2.38. The lowest BCUT2D eigenvalue weighted by molar-refractivity contribution is -0.118. The van der Waals surface area contributed by atoms with Gasteiger partial charge in [0.15, 0.2) is 0 Å². The fraction of sp³-hybridized carbons (Fsp3) is 0.333. The first-order valence-corrected chi connectivity index (χ1v) is 5.03. The Labute approximate surface area is 90.2 Å². The van der Waals surface area contributed by atoms with Crippen LogP contribution in [0.2, 0.25) is 0 Å².